The molecule has 0 amide bonds. The van der Waals surface area contributed by atoms with E-state index in [9.17, 15) is 20.0 Å². The number of rotatable bonds is 4. The van der Waals surface area contributed by atoms with Gasteiger partial charge >= 0.3 is 0 Å². The fraction of sp³-hybridized carbons (Fsp3) is 0.222. The van der Waals surface area contributed by atoms with Crippen molar-refractivity contribution in [3.8, 4) is 0 Å². The molecular weight excluding hydrogens is 200 g/mol. The topological polar surface area (TPSA) is 106 Å². The third-order valence-electron chi connectivity index (χ3n) is 1.97. The van der Waals surface area contributed by atoms with Crippen molar-refractivity contribution in [2.75, 3.05) is 0 Å². The highest BCUT2D eigenvalue weighted by atomic mass is 16.6. The van der Waals surface area contributed by atoms with Crippen LogP contribution in [0.2, 0.25) is 0 Å². The second-order valence-corrected chi connectivity index (χ2v) is 3.01. The van der Waals surface area contributed by atoms with Crippen LogP contribution in [-0.4, -0.2) is 22.4 Å². The fourth-order valence-corrected chi connectivity index (χ4v) is 1.09. The highest BCUT2D eigenvalue weighted by Gasteiger charge is 2.16. The van der Waals surface area contributed by atoms with Gasteiger partial charge < -0.3 is 15.6 Å². The summed E-state index contributed by atoms with van der Waals surface area (Å²) < 4.78 is 0. The van der Waals surface area contributed by atoms with Crippen LogP contribution in [0.1, 0.15) is 11.7 Å². The second kappa shape index (κ2) is 4.63. The van der Waals surface area contributed by atoms with Crippen molar-refractivity contribution < 1.29 is 14.8 Å². The van der Waals surface area contributed by atoms with Gasteiger partial charge in [-0.1, -0.05) is 0 Å². The highest BCUT2D eigenvalue weighted by Crippen LogP contribution is 2.18. The van der Waals surface area contributed by atoms with Crippen LogP contribution in [0.15, 0.2) is 24.3 Å². The van der Waals surface area contributed by atoms with Gasteiger partial charge in [0, 0.05) is 12.1 Å². The first-order valence-corrected chi connectivity index (χ1v) is 4.19. The van der Waals surface area contributed by atoms with Gasteiger partial charge in [0.1, 0.15) is 12.4 Å². The van der Waals surface area contributed by atoms with Gasteiger partial charge in [-0.25, -0.2) is 0 Å². The number of hydrogen-bond donors (Lipinski definition) is 2. The maximum Gasteiger partial charge on any atom is 0.269 e. The van der Waals surface area contributed by atoms with E-state index in [4.69, 9.17) is 5.73 Å². The van der Waals surface area contributed by atoms with Crippen LogP contribution in [0.3, 0.4) is 0 Å². The standard InChI is InChI=1S/C9H10N2O4/c10-8(5-12)9(13)6-1-3-7(4-2-6)11(14)15/h1-5,8-9,13H,10H2. The molecule has 1 aromatic rings. The number of hydrogen-bond acceptors (Lipinski definition) is 5. The summed E-state index contributed by atoms with van der Waals surface area (Å²) in [5.74, 6) is 0. The molecule has 3 N–H and O–H groups in total. The summed E-state index contributed by atoms with van der Waals surface area (Å²) in [5.41, 5.74) is 5.59. The molecule has 0 aliphatic rings. The number of benzene rings is 1. The van der Waals surface area contributed by atoms with E-state index in [0.717, 1.165) is 0 Å². The van der Waals surface area contributed by atoms with Crippen LogP contribution in [0.25, 0.3) is 0 Å². The van der Waals surface area contributed by atoms with Crippen molar-refractivity contribution in [1.82, 2.24) is 0 Å². The Bertz CT molecular complexity index is 363. The van der Waals surface area contributed by atoms with E-state index < -0.39 is 17.1 Å². The zero-order chi connectivity index (χ0) is 11.4. The van der Waals surface area contributed by atoms with E-state index in [0.29, 0.717) is 11.8 Å². The van der Waals surface area contributed by atoms with E-state index in [-0.39, 0.29) is 5.69 Å². The maximum atomic E-state index is 10.3. The average molecular weight is 210 g/mol. The van der Waals surface area contributed by atoms with Crippen molar-refractivity contribution in [2.45, 2.75) is 12.1 Å². The summed E-state index contributed by atoms with van der Waals surface area (Å²) >= 11 is 0. The number of carbonyl (C=O) groups is 1. The summed E-state index contributed by atoms with van der Waals surface area (Å²) in [5, 5.41) is 19.8. The van der Waals surface area contributed by atoms with Gasteiger partial charge in [0.05, 0.1) is 11.0 Å². The van der Waals surface area contributed by atoms with Gasteiger partial charge in [0.15, 0.2) is 0 Å². The number of nitro benzene ring substituents is 1. The van der Waals surface area contributed by atoms with Crippen LogP contribution >= 0.6 is 0 Å². The third-order valence-corrected chi connectivity index (χ3v) is 1.97. The predicted molar refractivity (Wildman–Crippen MR) is 52.1 cm³/mol. The number of nitrogens with zero attached hydrogens (tertiary/aromatic N) is 1. The molecule has 2 atom stereocenters. The number of aliphatic hydroxyl groups is 1. The molecule has 6 nitrogen and oxygen atoms in total. The molecule has 80 valence electrons. The Kier molecular flexibility index (Phi) is 3.48. The lowest BCUT2D eigenvalue weighted by Gasteiger charge is -2.12. The van der Waals surface area contributed by atoms with Crippen molar-refractivity contribution in [2.24, 2.45) is 5.73 Å². The first-order chi connectivity index (χ1) is 7.06. The molecule has 0 aliphatic carbocycles. The van der Waals surface area contributed by atoms with Gasteiger partial charge in [0.2, 0.25) is 0 Å². The molecule has 0 saturated heterocycles. The smallest absolute Gasteiger partial charge is 0.269 e. The lowest BCUT2D eigenvalue weighted by Crippen LogP contribution is -2.29. The molecule has 0 heterocycles. The normalized spacial score (nSPS) is 14.3. The predicted octanol–water partition coefficient (Wildman–Crippen LogP) is 0.154. The number of aliphatic hydroxyl groups excluding tert-OH is 1. The van der Waals surface area contributed by atoms with Crippen molar-refractivity contribution in [3.05, 3.63) is 39.9 Å². The molecule has 0 aromatic heterocycles. The second-order valence-electron chi connectivity index (χ2n) is 3.01. The Morgan fingerprint density at radius 2 is 1.93 bits per heavy atom. The summed E-state index contributed by atoms with van der Waals surface area (Å²) in [7, 11) is 0. The first kappa shape index (κ1) is 11.3. The van der Waals surface area contributed by atoms with Gasteiger partial charge in [-0.2, -0.15) is 0 Å². The van der Waals surface area contributed by atoms with E-state index in [1.807, 2.05) is 0 Å². The summed E-state index contributed by atoms with van der Waals surface area (Å²) in [6.45, 7) is 0. The molecule has 1 rings (SSSR count). The molecule has 2 unspecified atom stereocenters. The fourth-order valence-electron chi connectivity index (χ4n) is 1.09. The zero-order valence-electron chi connectivity index (χ0n) is 7.74. The minimum Gasteiger partial charge on any atom is -0.386 e. The Labute approximate surface area is 85.5 Å². The van der Waals surface area contributed by atoms with Crippen molar-refractivity contribution in [3.63, 3.8) is 0 Å². The molecule has 0 bridgehead atoms. The Morgan fingerprint density at radius 1 is 1.40 bits per heavy atom. The molecule has 0 radical (unpaired) electrons. The highest BCUT2D eigenvalue weighted by molar-refractivity contribution is 5.59. The Hall–Kier alpha value is -1.79. The number of carbonyl (C=O) groups excluding carboxylic acids is 1. The molecule has 15 heavy (non-hydrogen) atoms. The first-order valence-electron chi connectivity index (χ1n) is 4.19. The molecule has 0 spiro atoms. The summed E-state index contributed by atoms with van der Waals surface area (Å²) in [6.07, 6.45) is -0.713. The minimum absolute atomic E-state index is 0.0781. The van der Waals surface area contributed by atoms with Crippen LogP contribution in [0, 0.1) is 10.1 Å². The number of non-ortho nitro benzene ring substituents is 1. The SMILES string of the molecule is NC(C=O)C(O)c1ccc([N+](=O)[O-])cc1. The number of nitro groups is 1. The largest absolute Gasteiger partial charge is 0.386 e. The lowest BCUT2D eigenvalue weighted by atomic mass is 10.0. The average Bonchev–Trinajstić information content (AvgIpc) is 2.27. The number of nitrogens with two attached hydrogens (primary N) is 1. The van der Waals surface area contributed by atoms with Crippen molar-refractivity contribution in [1.29, 1.82) is 0 Å². The molecule has 0 fully saturated rings. The van der Waals surface area contributed by atoms with Crippen LogP contribution < -0.4 is 5.73 Å². The molecular formula is C9H10N2O4. The van der Waals surface area contributed by atoms with E-state index in [1.54, 1.807) is 0 Å². The van der Waals surface area contributed by atoms with E-state index in [1.165, 1.54) is 24.3 Å². The Morgan fingerprint density at radius 3 is 2.33 bits per heavy atom. The van der Waals surface area contributed by atoms with E-state index in [2.05, 4.69) is 0 Å². The van der Waals surface area contributed by atoms with Crippen LogP contribution in [0.5, 0.6) is 0 Å². The van der Waals surface area contributed by atoms with Crippen LogP contribution in [0.4, 0.5) is 5.69 Å². The molecule has 0 saturated carbocycles. The molecule has 0 aliphatic heterocycles. The minimum atomic E-state index is -1.14. The third kappa shape index (κ3) is 2.58. The van der Waals surface area contributed by atoms with Crippen molar-refractivity contribution >= 4 is 12.0 Å². The van der Waals surface area contributed by atoms with Gasteiger partial charge in [0.25, 0.3) is 5.69 Å². The lowest BCUT2D eigenvalue weighted by molar-refractivity contribution is -0.384. The summed E-state index contributed by atoms with van der Waals surface area (Å²) in [4.78, 5) is 20.1. The van der Waals surface area contributed by atoms with Gasteiger partial charge in [-0.05, 0) is 17.7 Å². The monoisotopic (exact) mass is 210 g/mol. The summed E-state index contributed by atoms with van der Waals surface area (Å²) in [6, 6.07) is 4.20. The molecule has 6 heteroatoms. The zero-order valence-corrected chi connectivity index (χ0v) is 7.74. The maximum absolute atomic E-state index is 10.3. The quantitative estimate of drug-likeness (QED) is 0.418. The van der Waals surface area contributed by atoms with Crippen LogP contribution in [-0.2, 0) is 4.79 Å². The van der Waals surface area contributed by atoms with Gasteiger partial charge in [-0.15, -0.1) is 0 Å². The molecule has 1 aromatic carbocycles. The van der Waals surface area contributed by atoms with Gasteiger partial charge in [-0.3, -0.25) is 10.1 Å². The number of aldehydes is 1. The Balaban J connectivity index is 2.88. The van der Waals surface area contributed by atoms with E-state index >= 15 is 0 Å².